The maximum atomic E-state index is 5.58. The van der Waals surface area contributed by atoms with Crippen molar-refractivity contribution < 1.29 is 0 Å². The second-order valence-electron chi connectivity index (χ2n) is 5.73. The van der Waals surface area contributed by atoms with Gasteiger partial charge in [0, 0.05) is 12.0 Å². The van der Waals surface area contributed by atoms with E-state index in [4.69, 9.17) is 5.73 Å². The van der Waals surface area contributed by atoms with Gasteiger partial charge in [0.15, 0.2) is 0 Å². The number of hydrogen-bond acceptors (Lipinski definition) is 2. The summed E-state index contributed by atoms with van der Waals surface area (Å²) in [6.07, 6.45) is 0.799. The number of benzene rings is 1. The van der Waals surface area contributed by atoms with E-state index in [2.05, 4.69) is 71.2 Å². The Hall–Kier alpha value is -1.13. The molecular formula is C15H20BrN3. The Bertz CT molecular complexity index is 550. The van der Waals surface area contributed by atoms with Gasteiger partial charge < -0.3 is 5.73 Å². The average Bonchev–Trinajstić information content (AvgIpc) is 2.71. The first-order chi connectivity index (χ1) is 8.93. The molecule has 0 aliphatic heterocycles. The molecule has 1 aromatic heterocycles. The number of rotatable bonds is 3. The number of nitrogens with zero attached hydrogens (tertiary/aromatic N) is 1. The Morgan fingerprint density at radius 3 is 2.37 bits per heavy atom. The summed E-state index contributed by atoms with van der Waals surface area (Å²) in [6, 6.07) is 8.57. The number of H-pyrrole nitrogens is 1. The highest BCUT2D eigenvalue weighted by Gasteiger charge is 2.15. The fourth-order valence-corrected chi connectivity index (χ4v) is 2.60. The summed E-state index contributed by atoms with van der Waals surface area (Å²) in [6.45, 7) is 7.26. The van der Waals surface area contributed by atoms with Crippen LogP contribution in [0.25, 0.3) is 11.3 Å². The van der Waals surface area contributed by atoms with Gasteiger partial charge in [-0.15, -0.1) is 0 Å². The molecule has 3 N–H and O–H groups in total. The molecule has 0 amide bonds. The zero-order valence-corrected chi connectivity index (χ0v) is 13.2. The van der Waals surface area contributed by atoms with Crippen molar-refractivity contribution in [2.24, 2.45) is 5.73 Å². The molecule has 1 heterocycles. The van der Waals surface area contributed by atoms with Crippen LogP contribution in [0.2, 0.25) is 0 Å². The van der Waals surface area contributed by atoms with E-state index in [1.807, 2.05) is 0 Å². The lowest BCUT2D eigenvalue weighted by Crippen LogP contribution is -2.10. The maximum absolute atomic E-state index is 5.58. The Balaban J connectivity index is 2.32. The molecule has 0 spiro atoms. The molecule has 2 aromatic rings. The minimum atomic E-state index is 0.173. The number of nitrogens with two attached hydrogens (primary N) is 1. The SMILES string of the molecule is CC(C)(C)c1ccc(-c2n[nH]c(CCN)c2Br)cc1. The van der Waals surface area contributed by atoms with Gasteiger partial charge in [0.1, 0.15) is 5.69 Å². The molecule has 0 radical (unpaired) electrons. The normalized spacial score (nSPS) is 11.8. The van der Waals surface area contributed by atoms with E-state index in [1.54, 1.807) is 0 Å². The Kier molecular flexibility index (Phi) is 4.11. The van der Waals surface area contributed by atoms with Gasteiger partial charge in [-0.1, -0.05) is 45.0 Å². The van der Waals surface area contributed by atoms with Crippen LogP contribution in [0.3, 0.4) is 0 Å². The van der Waals surface area contributed by atoms with Gasteiger partial charge in [-0.3, -0.25) is 5.10 Å². The zero-order valence-electron chi connectivity index (χ0n) is 11.6. The standard InChI is InChI=1S/C15H20BrN3/c1-15(2,3)11-6-4-10(5-7-11)14-13(16)12(8-9-17)18-19-14/h4-7H,8-9,17H2,1-3H3,(H,18,19). The van der Waals surface area contributed by atoms with Crippen LogP contribution in [0, 0.1) is 0 Å². The number of aromatic nitrogens is 2. The Morgan fingerprint density at radius 1 is 1.21 bits per heavy atom. The second kappa shape index (κ2) is 5.47. The monoisotopic (exact) mass is 321 g/mol. The summed E-state index contributed by atoms with van der Waals surface area (Å²) >= 11 is 3.60. The van der Waals surface area contributed by atoms with Crippen LogP contribution in [-0.4, -0.2) is 16.7 Å². The third kappa shape index (κ3) is 3.07. The van der Waals surface area contributed by atoms with E-state index in [-0.39, 0.29) is 5.41 Å². The molecule has 0 unspecified atom stereocenters. The van der Waals surface area contributed by atoms with Crippen LogP contribution in [0.5, 0.6) is 0 Å². The fourth-order valence-electron chi connectivity index (χ4n) is 1.99. The summed E-state index contributed by atoms with van der Waals surface area (Å²) in [4.78, 5) is 0. The lowest BCUT2D eigenvalue weighted by atomic mass is 9.86. The van der Waals surface area contributed by atoms with Gasteiger partial charge in [0.05, 0.1) is 10.2 Å². The minimum absolute atomic E-state index is 0.173. The van der Waals surface area contributed by atoms with E-state index in [0.29, 0.717) is 6.54 Å². The topological polar surface area (TPSA) is 54.7 Å². The highest BCUT2D eigenvalue weighted by molar-refractivity contribution is 9.10. The molecule has 0 fully saturated rings. The summed E-state index contributed by atoms with van der Waals surface area (Å²) < 4.78 is 1.02. The van der Waals surface area contributed by atoms with Gasteiger partial charge in [-0.2, -0.15) is 5.10 Å². The highest BCUT2D eigenvalue weighted by Crippen LogP contribution is 2.31. The summed E-state index contributed by atoms with van der Waals surface area (Å²) in [5.74, 6) is 0. The summed E-state index contributed by atoms with van der Waals surface area (Å²) in [7, 11) is 0. The molecule has 0 atom stereocenters. The van der Waals surface area contributed by atoms with Crippen LogP contribution < -0.4 is 5.73 Å². The predicted molar refractivity (Wildman–Crippen MR) is 83.2 cm³/mol. The van der Waals surface area contributed by atoms with Crippen LogP contribution in [0.1, 0.15) is 32.0 Å². The fraction of sp³-hybridized carbons (Fsp3) is 0.400. The summed E-state index contributed by atoms with van der Waals surface area (Å²) in [5.41, 5.74) is 10.2. The van der Waals surface area contributed by atoms with Crippen molar-refractivity contribution >= 4 is 15.9 Å². The van der Waals surface area contributed by atoms with E-state index in [9.17, 15) is 0 Å². The molecule has 0 saturated carbocycles. The van der Waals surface area contributed by atoms with Gasteiger partial charge in [0.2, 0.25) is 0 Å². The van der Waals surface area contributed by atoms with Crippen molar-refractivity contribution in [2.45, 2.75) is 32.6 Å². The first kappa shape index (κ1) is 14.3. The molecule has 1 aromatic carbocycles. The second-order valence-corrected chi connectivity index (χ2v) is 6.52. The van der Waals surface area contributed by atoms with Crippen molar-refractivity contribution in [3.63, 3.8) is 0 Å². The maximum Gasteiger partial charge on any atom is 0.107 e. The average molecular weight is 322 g/mol. The predicted octanol–water partition coefficient (Wildman–Crippen LogP) is 3.64. The van der Waals surface area contributed by atoms with E-state index < -0.39 is 0 Å². The quantitative estimate of drug-likeness (QED) is 0.906. The van der Waals surface area contributed by atoms with Gasteiger partial charge in [-0.05, 0) is 33.5 Å². The molecule has 2 rings (SSSR count). The number of nitrogens with one attached hydrogen (secondary N) is 1. The number of hydrogen-bond donors (Lipinski definition) is 2. The van der Waals surface area contributed by atoms with Crippen molar-refractivity contribution in [3.05, 3.63) is 40.0 Å². The van der Waals surface area contributed by atoms with Gasteiger partial charge >= 0.3 is 0 Å². The largest absolute Gasteiger partial charge is 0.330 e. The molecule has 102 valence electrons. The molecule has 4 heteroatoms. The smallest absolute Gasteiger partial charge is 0.107 e. The van der Waals surface area contributed by atoms with Crippen LogP contribution in [-0.2, 0) is 11.8 Å². The first-order valence-corrected chi connectivity index (χ1v) is 7.26. The number of halogens is 1. The molecule has 0 saturated heterocycles. The van der Waals surface area contributed by atoms with Crippen LogP contribution in [0.4, 0.5) is 0 Å². The van der Waals surface area contributed by atoms with Crippen LogP contribution >= 0.6 is 15.9 Å². The highest BCUT2D eigenvalue weighted by atomic mass is 79.9. The number of aromatic amines is 1. The van der Waals surface area contributed by atoms with Crippen molar-refractivity contribution in [3.8, 4) is 11.3 Å². The lowest BCUT2D eigenvalue weighted by molar-refractivity contribution is 0.590. The lowest BCUT2D eigenvalue weighted by Gasteiger charge is -2.18. The summed E-state index contributed by atoms with van der Waals surface area (Å²) in [5, 5.41) is 7.41. The van der Waals surface area contributed by atoms with Crippen molar-refractivity contribution in [2.75, 3.05) is 6.54 Å². The van der Waals surface area contributed by atoms with E-state index in [1.165, 1.54) is 5.56 Å². The molecule has 0 aliphatic carbocycles. The Labute approximate surface area is 122 Å². The third-order valence-electron chi connectivity index (χ3n) is 3.19. The zero-order chi connectivity index (χ0) is 14.0. The molecule has 0 bridgehead atoms. The first-order valence-electron chi connectivity index (χ1n) is 6.47. The third-order valence-corrected chi connectivity index (χ3v) is 4.05. The van der Waals surface area contributed by atoms with Crippen molar-refractivity contribution in [1.29, 1.82) is 0 Å². The molecule has 19 heavy (non-hydrogen) atoms. The minimum Gasteiger partial charge on any atom is -0.330 e. The van der Waals surface area contributed by atoms with Gasteiger partial charge in [0.25, 0.3) is 0 Å². The Morgan fingerprint density at radius 2 is 1.84 bits per heavy atom. The van der Waals surface area contributed by atoms with E-state index in [0.717, 1.165) is 27.8 Å². The molecular weight excluding hydrogens is 302 g/mol. The molecule has 3 nitrogen and oxygen atoms in total. The molecule has 0 aliphatic rings. The van der Waals surface area contributed by atoms with Crippen LogP contribution in [0.15, 0.2) is 28.7 Å². The van der Waals surface area contributed by atoms with E-state index >= 15 is 0 Å². The van der Waals surface area contributed by atoms with Gasteiger partial charge in [-0.25, -0.2) is 0 Å². The van der Waals surface area contributed by atoms with Crippen molar-refractivity contribution in [1.82, 2.24) is 10.2 Å².